The van der Waals surface area contributed by atoms with Crippen LogP contribution in [0, 0.1) is 20.8 Å². The SMILES string of the molecule is CN=C(NCCCn1nc(C)cc1C)NCc1ccc(C)cc1OCC1CCCO1. The molecule has 1 saturated heterocycles. The summed E-state index contributed by atoms with van der Waals surface area (Å²) >= 11 is 0. The predicted molar refractivity (Wildman–Crippen MR) is 120 cm³/mol. The number of aromatic nitrogens is 2. The van der Waals surface area contributed by atoms with Crippen LogP contribution in [-0.2, 0) is 17.8 Å². The molecule has 1 aromatic carbocycles. The zero-order valence-electron chi connectivity index (χ0n) is 18.7. The van der Waals surface area contributed by atoms with Crippen LogP contribution < -0.4 is 15.4 Å². The first-order valence-corrected chi connectivity index (χ1v) is 10.8. The van der Waals surface area contributed by atoms with Crippen molar-refractivity contribution in [3.05, 3.63) is 46.8 Å². The van der Waals surface area contributed by atoms with Gasteiger partial charge in [0, 0.05) is 44.5 Å². The topological polar surface area (TPSA) is 72.7 Å². The molecule has 164 valence electrons. The Hall–Kier alpha value is -2.54. The van der Waals surface area contributed by atoms with Gasteiger partial charge in [-0.3, -0.25) is 9.67 Å². The molecule has 1 aliphatic rings. The molecule has 3 rings (SSSR count). The summed E-state index contributed by atoms with van der Waals surface area (Å²) in [6, 6.07) is 8.42. The van der Waals surface area contributed by atoms with E-state index in [1.54, 1.807) is 7.05 Å². The van der Waals surface area contributed by atoms with Gasteiger partial charge in [-0.15, -0.1) is 0 Å². The van der Waals surface area contributed by atoms with E-state index in [1.807, 2.05) is 6.92 Å². The Morgan fingerprint density at radius 3 is 2.83 bits per heavy atom. The third-order valence-corrected chi connectivity index (χ3v) is 5.28. The molecule has 1 fully saturated rings. The minimum atomic E-state index is 0.211. The third-order valence-electron chi connectivity index (χ3n) is 5.28. The number of hydrogen-bond acceptors (Lipinski definition) is 4. The van der Waals surface area contributed by atoms with E-state index >= 15 is 0 Å². The quantitative estimate of drug-likeness (QED) is 0.375. The summed E-state index contributed by atoms with van der Waals surface area (Å²) in [4.78, 5) is 4.34. The van der Waals surface area contributed by atoms with Crippen molar-refractivity contribution in [1.29, 1.82) is 0 Å². The van der Waals surface area contributed by atoms with E-state index in [-0.39, 0.29) is 6.10 Å². The first-order chi connectivity index (χ1) is 14.5. The molecule has 0 aliphatic carbocycles. The highest BCUT2D eigenvalue weighted by Gasteiger charge is 2.17. The highest BCUT2D eigenvalue weighted by Crippen LogP contribution is 2.22. The van der Waals surface area contributed by atoms with Gasteiger partial charge in [0.25, 0.3) is 0 Å². The Bertz CT molecular complexity index is 840. The Morgan fingerprint density at radius 1 is 1.27 bits per heavy atom. The number of rotatable bonds is 9. The van der Waals surface area contributed by atoms with E-state index < -0.39 is 0 Å². The number of hydrogen-bond donors (Lipinski definition) is 2. The van der Waals surface area contributed by atoms with Crippen molar-refractivity contribution in [2.75, 3.05) is 26.8 Å². The smallest absolute Gasteiger partial charge is 0.191 e. The normalized spacial score (nSPS) is 16.7. The molecule has 1 aromatic heterocycles. The number of aliphatic imine (C=N–C) groups is 1. The monoisotopic (exact) mass is 413 g/mol. The summed E-state index contributed by atoms with van der Waals surface area (Å²) in [7, 11) is 1.79. The van der Waals surface area contributed by atoms with Gasteiger partial charge in [-0.2, -0.15) is 5.10 Å². The molecule has 2 heterocycles. The van der Waals surface area contributed by atoms with E-state index in [0.29, 0.717) is 13.2 Å². The van der Waals surface area contributed by atoms with E-state index in [4.69, 9.17) is 9.47 Å². The molecule has 1 unspecified atom stereocenters. The predicted octanol–water partition coefficient (Wildman–Crippen LogP) is 3.12. The van der Waals surface area contributed by atoms with Crippen molar-refractivity contribution in [1.82, 2.24) is 20.4 Å². The first kappa shape index (κ1) is 22.2. The van der Waals surface area contributed by atoms with Crippen LogP contribution in [0.5, 0.6) is 5.75 Å². The average Bonchev–Trinajstić information content (AvgIpc) is 3.36. The summed E-state index contributed by atoms with van der Waals surface area (Å²) < 4.78 is 13.8. The number of ether oxygens (including phenoxy) is 2. The maximum absolute atomic E-state index is 6.09. The van der Waals surface area contributed by atoms with Gasteiger partial charge >= 0.3 is 0 Å². The molecule has 1 atom stereocenters. The minimum absolute atomic E-state index is 0.211. The lowest BCUT2D eigenvalue weighted by molar-refractivity contribution is 0.0676. The number of nitrogens with one attached hydrogen (secondary N) is 2. The Kier molecular flexibility index (Phi) is 8.13. The van der Waals surface area contributed by atoms with Crippen LogP contribution in [0.15, 0.2) is 29.3 Å². The highest BCUT2D eigenvalue weighted by atomic mass is 16.5. The summed E-state index contributed by atoms with van der Waals surface area (Å²) in [5, 5.41) is 11.3. The molecule has 2 aromatic rings. The number of benzene rings is 1. The molecular weight excluding hydrogens is 378 g/mol. The summed E-state index contributed by atoms with van der Waals surface area (Å²) in [6.45, 7) is 10.0. The maximum atomic E-state index is 6.09. The standard InChI is InChI=1S/C23H35N5O2/c1-17-8-9-20(22(13-17)30-16-21-7-5-12-29-21)15-26-23(24-4)25-10-6-11-28-19(3)14-18(2)27-28/h8-9,13-14,21H,5-7,10-12,15-16H2,1-4H3,(H2,24,25,26). The molecule has 30 heavy (non-hydrogen) atoms. The molecule has 0 saturated carbocycles. The summed E-state index contributed by atoms with van der Waals surface area (Å²) in [5.41, 5.74) is 4.57. The second-order valence-electron chi connectivity index (χ2n) is 7.91. The van der Waals surface area contributed by atoms with Gasteiger partial charge in [0.15, 0.2) is 5.96 Å². The van der Waals surface area contributed by atoms with Crippen LogP contribution in [-0.4, -0.2) is 48.7 Å². The van der Waals surface area contributed by atoms with Gasteiger partial charge < -0.3 is 20.1 Å². The molecule has 7 nitrogen and oxygen atoms in total. The van der Waals surface area contributed by atoms with E-state index in [1.165, 1.54) is 11.3 Å². The zero-order chi connectivity index (χ0) is 21.3. The fraction of sp³-hybridized carbons (Fsp3) is 0.565. The summed E-state index contributed by atoms with van der Waals surface area (Å²) in [5.74, 6) is 1.70. The molecule has 1 aliphatic heterocycles. The van der Waals surface area contributed by atoms with E-state index in [0.717, 1.165) is 61.9 Å². The van der Waals surface area contributed by atoms with Crippen molar-refractivity contribution in [2.45, 2.75) is 59.2 Å². The van der Waals surface area contributed by atoms with Crippen LogP contribution in [0.25, 0.3) is 0 Å². The molecule has 0 amide bonds. The number of nitrogens with zero attached hydrogens (tertiary/aromatic N) is 3. The molecular formula is C23H35N5O2. The van der Waals surface area contributed by atoms with Gasteiger partial charge in [0.2, 0.25) is 0 Å². The highest BCUT2D eigenvalue weighted by molar-refractivity contribution is 5.79. The van der Waals surface area contributed by atoms with Crippen LogP contribution in [0.1, 0.15) is 41.8 Å². The van der Waals surface area contributed by atoms with Crippen LogP contribution >= 0.6 is 0 Å². The minimum Gasteiger partial charge on any atom is -0.491 e. The Balaban J connectivity index is 1.46. The number of guanidine groups is 1. The molecule has 7 heteroatoms. The Labute approximate surface area is 179 Å². The van der Waals surface area contributed by atoms with Gasteiger partial charge in [-0.1, -0.05) is 12.1 Å². The van der Waals surface area contributed by atoms with Gasteiger partial charge in [0.05, 0.1) is 11.8 Å². The van der Waals surface area contributed by atoms with E-state index in [9.17, 15) is 0 Å². The van der Waals surface area contributed by atoms with E-state index in [2.05, 4.69) is 63.5 Å². The first-order valence-electron chi connectivity index (χ1n) is 10.8. The van der Waals surface area contributed by atoms with Gasteiger partial charge in [-0.25, -0.2) is 0 Å². The lowest BCUT2D eigenvalue weighted by Gasteiger charge is -2.17. The second kappa shape index (κ2) is 11.0. The largest absolute Gasteiger partial charge is 0.491 e. The lowest BCUT2D eigenvalue weighted by atomic mass is 10.1. The Morgan fingerprint density at radius 2 is 2.13 bits per heavy atom. The maximum Gasteiger partial charge on any atom is 0.191 e. The number of aryl methyl sites for hydroxylation is 4. The molecule has 2 N–H and O–H groups in total. The lowest BCUT2D eigenvalue weighted by Crippen LogP contribution is -2.37. The van der Waals surface area contributed by atoms with Gasteiger partial charge in [-0.05, 0) is 57.7 Å². The van der Waals surface area contributed by atoms with Crippen molar-refractivity contribution in [2.24, 2.45) is 4.99 Å². The van der Waals surface area contributed by atoms with Crippen molar-refractivity contribution >= 4 is 5.96 Å². The third kappa shape index (κ3) is 6.49. The van der Waals surface area contributed by atoms with Crippen molar-refractivity contribution in [3.63, 3.8) is 0 Å². The molecule has 0 spiro atoms. The second-order valence-corrected chi connectivity index (χ2v) is 7.91. The molecule has 0 bridgehead atoms. The zero-order valence-corrected chi connectivity index (χ0v) is 18.7. The van der Waals surface area contributed by atoms with Crippen molar-refractivity contribution < 1.29 is 9.47 Å². The summed E-state index contributed by atoms with van der Waals surface area (Å²) in [6.07, 6.45) is 3.39. The van der Waals surface area contributed by atoms with Crippen molar-refractivity contribution in [3.8, 4) is 5.75 Å². The molecule has 0 radical (unpaired) electrons. The van der Waals surface area contributed by atoms with Crippen LogP contribution in [0.2, 0.25) is 0 Å². The fourth-order valence-corrected chi connectivity index (χ4v) is 3.64. The fourth-order valence-electron chi connectivity index (χ4n) is 3.64. The van der Waals surface area contributed by atoms with Gasteiger partial charge in [0.1, 0.15) is 12.4 Å². The van der Waals surface area contributed by atoms with Crippen LogP contribution in [0.3, 0.4) is 0 Å². The average molecular weight is 414 g/mol. The van der Waals surface area contributed by atoms with Crippen LogP contribution in [0.4, 0.5) is 0 Å².